The van der Waals surface area contributed by atoms with Gasteiger partial charge in [0.2, 0.25) is 0 Å². The van der Waals surface area contributed by atoms with Crippen LogP contribution in [-0.2, 0) is 12.8 Å². The van der Waals surface area contributed by atoms with Crippen molar-refractivity contribution in [2.24, 2.45) is 0 Å². The molecular formula is C15H15. The molecule has 1 aromatic carbocycles. The van der Waals surface area contributed by atoms with Crippen LogP contribution in [0.15, 0.2) is 43.5 Å². The first-order chi connectivity index (χ1) is 7.35. The smallest absolute Gasteiger partial charge is 0.0131 e. The fourth-order valence-electron chi connectivity index (χ4n) is 1.96. The molecule has 0 heteroatoms. The number of benzene rings is 1. The van der Waals surface area contributed by atoms with Crippen molar-refractivity contribution in [1.29, 1.82) is 0 Å². The van der Waals surface area contributed by atoms with Gasteiger partial charge in [0.15, 0.2) is 0 Å². The summed E-state index contributed by atoms with van der Waals surface area (Å²) in [6.07, 6.45) is 12.2. The molecule has 0 bridgehead atoms. The summed E-state index contributed by atoms with van der Waals surface area (Å²) in [5.41, 5.74) is 5.37. The minimum absolute atomic E-state index is 0.935. The maximum absolute atomic E-state index is 3.80. The maximum Gasteiger partial charge on any atom is 0.0131 e. The molecule has 0 unspecified atom stereocenters. The largest absolute Gasteiger partial charge is 0.103 e. The fourth-order valence-corrected chi connectivity index (χ4v) is 1.96. The first-order valence-electron chi connectivity index (χ1n) is 5.24. The van der Waals surface area contributed by atoms with Crippen LogP contribution in [0.5, 0.6) is 0 Å². The first kappa shape index (κ1) is 9.97. The Morgan fingerprint density at radius 1 is 0.933 bits per heavy atom. The minimum Gasteiger partial charge on any atom is -0.103 e. The van der Waals surface area contributed by atoms with Crippen molar-refractivity contribution in [3.8, 4) is 0 Å². The molecule has 1 aliphatic rings. The third-order valence-corrected chi connectivity index (χ3v) is 2.69. The van der Waals surface area contributed by atoms with Crippen LogP contribution in [0.3, 0.4) is 0 Å². The topological polar surface area (TPSA) is 0 Å². The zero-order chi connectivity index (χ0) is 10.7. The van der Waals surface area contributed by atoms with E-state index in [1.165, 1.54) is 22.3 Å². The lowest BCUT2D eigenvalue weighted by molar-refractivity contribution is 1.15. The zero-order valence-corrected chi connectivity index (χ0v) is 8.87. The van der Waals surface area contributed by atoms with Gasteiger partial charge < -0.3 is 0 Å². The molecular weight excluding hydrogens is 180 g/mol. The third kappa shape index (κ3) is 1.94. The van der Waals surface area contributed by atoms with Gasteiger partial charge in [-0.05, 0) is 35.1 Å². The van der Waals surface area contributed by atoms with Crippen molar-refractivity contribution in [3.63, 3.8) is 0 Å². The molecule has 0 atom stereocenters. The summed E-state index contributed by atoms with van der Waals surface area (Å²) in [7, 11) is 0. The summed E-state index contributed by atoms with van der Waals surface area (Å²) in [6.45, 7) is 7.60. The second-order valence-corrected chi connectivity index (χ2v) is 3.76. The molecule has 0 heterocycles. The Morgan fingerprint density at radius 2 is 1.53 bits per heavy atom. The van der Waals surface area contributed by atoms with E-state index in [2.05, 4.69) is 43.9 Å². The maximum atomic E-state index is 3.80. The molecule has 0 spiro atoms. The van der Waals surface area contributed by atoms with Gasteiger partial charge in [-0.3, -0.25) is 0 Å². The highest BCUT2D eigenvalue weighted by Gasteiger charge is 2.09. The van der Waals surface area contributed by atoms with Gasteiger partial charge in [0.25, 0.3) is 0 Å². The lowest BCUT2D eigenvalue weighted by Gasteiger charge is -2.09. The standard InChI is InChI=1S/C15H15/c1-3-6-12-10-14-8-5-9-15(14)11-13(12)7-4-2/h3-5,8-11H,1-2,6-7H2. The van der Waals surface area contributed by atoms with Crippen LogP contribution in [0.2, 0.25) is 0 Å². The normalized spacial score (nSPS) is 12.5. The predicted octanol–water partition coefficient (Wildman–Crippen LogP) is 3.72. The van der Waals surface area contributed by atoms with E-state index in [0.29, 0.717) is 0 Å². The Labute approximate surface area is 91.6 Å². The van der Waals surface area contributed by atoms with Crippen LogP contribution in [0.25, 0.3) is 6.08 Å². The number of rotatable bonds is 4. The summed E-state index contributed by atoms with van der Waals surface area (Å²) in [4.78, 5) is 0. The Balaban J connectivity index is 2.44. The molecule has 0 saturated carbocycles. The van der Waals surface area contributed by atoms with E-state index < -0.39 is 0 Å². The van der Waals surface area contributed by atoms with Crippen molar-refractivity contribution in [1.82, 2.24) is 0 Å². The van der Waals surface area contributed by atoms with E-state index in [1.54, 1.807) is 0 Å². The van der Waals surface area contributed by atoms with E-state index in [4.69, 9.17) is 0 Å². The Bertz CT molecular complexity index is 422. The second kappa shape index (κ2) is 4.31. The van der Waals surface area contributed by atoms with Gasteiger partial charge >= 0.3 is 0 Å². The Kier molecular flexibility index (Phi) is 2.86. The van der Waals surface area contributed by atoms with Crippen LogP contribution in [-0.4, -0.2) is 0 Å². The van der Waals surface area contributed by atoms with Gasteiger partial charge in [0.05, 0.1) is 0 Å². The van der Waals surface area contributed by atoms with Gasteiger partial charge in [0, 0.05) is 6.42 Å². The second-order valence-electron chi connectivity index (χ2n) is 3.76. The van der Waals surface area contributed by atoms with Crippen molar-refractivity contribution in [3.05, 3.63) is 72.2 Å². The average molecular weight is 195 g/mol. The highest BCUT2D eigenvalue weighted by molar-refractivity contribution is 5.66. The van der Waals surface area contributed by atoms with Gasteiger partial charge in [-0.1, -0.05) is 36.4 Å². The Morgan fingerprint density at radius 3 is 2.13 bits per heavy atom. The number of hydrogen-bond donors (Lipinski definition) is 0. The fraction of sp³-hybridized carbons (Fsp3) is 0.133. The molecule has 1 aromatic rings. The summed E-state index contributed by atoms with van der Waals surface area (Å²) in [5.74, 6) is 0. The van der Waals surface area contributed by atoms with Crippen LogP contribution in [0, 0.1) is 6.42 Å². The van der Waals surface area contributed by atoms with E-state index in [1.807, 2.05) is 12.2 Å². The monoisotopic (exact) mass is 195 g/mol. The molecule has 0 amide bonds. The van der Waals surface area contributed by atoms with Crippen molar-refractivity contribution < 1.29 is 0 Å². The van der Waals surface area contributed by atoms with E-state index in [9.17, 15) is 0 Å². The summed E-state index contributed by atoms with van der Waals surface area (Å²) in [6, 6.07) is 4.52. The first-order valence-corrected chi connectivity index (χ1v) is 5.24. The minimum atomic E-state index is 0.935. The van der Waals surface area contributed by atoms with Crippen LogP contribution in [0.1, 0.15) is 22.3 Å². The van der Waals surface area contributed by atoms with E-state index >= 15 is 0 Å². The zero-order valence-electron chi connectivity index (χ0n) is 8.87. The van der Waals surface area contributed by atoms with Gasteiger partial charge in [-0.2, -0.15) is 0 Å². The summed E-state index contributed by atoms with van der Waals surface area (Å²) in [5, 5.41) is 0. The van der Waals surface area contributed by atoms with Crippen LogP contribution >= 0.6 is 0 Å². The molecule has 0 nitrogen and oxygen atoms in total. The Hall–Kier alpha value is -1.56. The highest BCUT2D eigenvalue weighted by atomic mass is 14.1. The highest BCUT2D eigenvalue weighted by Crippen LogP contribution is 2.26. The van der Waals surface area contributed by atoms with Gasteiger partial charge in [-0.25, -0.2) is 0 Å². The lowest BCUT2D eigenvalue weighted by atomic mass is 9.96. The molecule has 75 valence electrons. The van der Waals surface area contributed by atoms with E-state index in [-0.39, 0.29) is 0 Å². The summed E-state index contributed by atoms with van der Waals surface area (Å²) >= 11 is 0. The van der Waals surface area contributed by atoms with Crippen molar-refractivity contribution in [2.45, 2.75) is 12.8 Å². The SMILES string of the molecule is C=CCc1cc2c(cc1CC=C)C=C[CH]2. The molecule has 1 radical (unpaired) electrons. The molecule has 15 heavy (non-hydrogen) atoms. The molecule has 0 aromatic heterocycles. The van der Waals surface area contributed by atoms with Gasteiger partial charge in [-0.15, -0.1) is 13.2 Å². The lowest BCUT2D eigenvalue weighted by Crippen LogP contribution is -1.95. The quantitative estimate of drug-likeness (QED) is 0.642. The molecule has 2 rings (SSSR count). The number of allylic oxidation sites excluding steroid dienone is 3. The van der Waals surface area contributed by atoms with Crippen LogP contribution < -0.4 is 0 Å². The molecule has 1 aliphatic carbocycles. The molecule has 0 N–H and O–H groups in total. The van der Waals surface area contributed by atoms with Crippen LogP contribution in [0.4, 0.5) is 0 Å². The van der Waals surface area contributed by atoms with Crippen molar-refractivity contribution in [2.75, 3.05) is 0 Å². The predicted molar refractivity (Wildman–Crippen MR) is 66.7 cm³/mol. The van der Waals surface area contributed by atoms with E-state index in [0.717, 1.165) is 12.8 Å². The third-order valence-electron chi connectivity index (χ3n) is 2.69. The molecule has 0 fully saturated rings. The average Bonchev–Trinajstić information content (AvgIpc) is 2.66. The number of hydrogen-bond acceptors (Lipinski definition) is 0. The molecule has 0 saturated heterocycles. The number of fused-ring (bicyclic) bond motifs is 1. The van der Waals surface area contributed by atoms with Crippen molar-refractivity contribution >= 4 is 6.08 Å². The summed E-state index contributed by atoms with van der Waals surface area (Å²) < 4.78 is 0. The molecule has 0 aliphatic heterocycles. The van der Waals surface area contributed by atoms with Gasteiger partial charge in [0.1, 0.15) is 0 Å².